The molecule has 0 radical (unpaired) electrons. The van der Waals surface area contributed by atoms with Crippen LogP contribution in [0.4, 0.5) is 16.2 Å². The lowest BCUT2D eigenvalue weighted by Crippen LogP contribution is -2.31. The van der Waals surface area contributed by atoms with Crippen LogP contribution in [-0.4, -0.2) is 19.1 Å². The number of halogens is 1. The normalized spacial score (nSPS) is 9.59. The van der Waals surface area contributed by atoms with E-state index in [1.54, 1.807) is 0 Å². The van der Waals surface area contributed by atoms with Gasteiger partial charge in [-0.25, -0.2) is 4.79 Å². The highest BCUT2D eigenvalue weighted by molar-refractivity contribution is 5.98. The lowest BCUT2D eigenvalue weighted by molar-refractivity contribution is 0.256. The first kappa shape index (κ1) is 25.0. The predicted molar refractivity (Wildman–Crippen MR) is 119 cm³/mol. The smallest absolute Gasteiger partial charge is 0.323 e. The standard InChI is InChI=1S/C15H16N2O.C7H17N.ClH/c1-2-12-7-6-10-14(11-12)17(15(16)18)13-8-4-3-5-9-13;1-3-5-7-8-6-4-2;/h3-11H,2H2,1H3,(H2,16,18);8H,3-7H2,1-2H3;1H. The first-order valence-corrected chi connectivity index (χ1v) is 9.58. The SMILES string of the molecule is CCCCNCCC.CCc1cccc(N(C(N)=O)c2ccccc2)c1.Cl. The number of hydrogen-bond donors (Lipinski definition) is 2. The van der Waals surface area contributed by atoms with E-state index in [1.165, 1.54) is 42.8 Å². The van der Waals surface area contributed by atoms with Crippen molar-refractivity contribution in [1.82, 2.24) is 5.32 Å². The molecule has 0 saturated heterocycles. The molecule has 0 aliphatic heterocycles. The van der Waals surface area contributed by atoms with Gasteiger partial charge >= 0.3 is 6.03 Å². The summed E-state index contributed by atoms with van der Waals surface area (Å²) in [5.74, 6) is 0. The molecule has 2 rings (SSSR count). The minimum absolute atomic E-state index is 0. The molecule has 0 bridgehead atoms. The van der Waals surface area contributed by atoms with Crippen molar-refractivity contribution in [3.8, 4) is 0 Å². The summed E-state index contributed by atoms with van der Waals surface area (Å²) >= 11 is 0. The minimum Gasteiger partial charge on any atom is -0.351 e. The number of para-hydroxylation sites is 1. The highest BCUT2D eigenvalue weighted by atomic mass is 35.5. The van der Waals surface area contributed by atoms with Gasteiger partial charge in [-0.05, 0) is 62.2 Å². The molecule has 0 atom stereocenters. The van der Waals surface area contributed by atoms with E-state index < -0.39 is 6.03 Å². The van der Waals surface area contributed by atoms with E-state index in [-0.39, 0.29) is 12.4 Å². The average molecular weight is 392 g/mol. The number of hydrogen-bond acceptors (Lipinski definition) is 2. The van der Waals surface area contributed by atoms with Gasteiger partial charge in [-0.15, -0.1) is 12.4 Å². The summed E-state index contributed by atoms with van der Waals surface area (Å²) in [6.07, 6.45) is 4.80. The number of benzene rings is 2. The Hall–Kier alpha value is -2.04. The van der Waals surface area contributed by atoms with Crippen molar-refractivity contribution in [2.45, 2.75) is 46.5 Å². The molecule has 5 heteroatoms. The van der Waals surface area contributed by atoms with Crippen LogP contribution in [-0.2, 0) is 6.42 Å². The van der Waals surface area contributed by atoms with E-state index in [0.29, 0.717) is 0 Å². The lowest BCUT2D eigenvalue weighted by atomic mass is 10.1. The Morgan fingerprint density at radius 3 is 2.15 bits per heavy atom. The quantitative estimate of drug-likeness (QED) is 0.569. The largest absolute Gasteiger partial charge is 0.351 e. The zero-order valence-corrected chi connectivity index (χ0v) is 17.6. The van der Waals surface area contributed by atoms with Crippen LogP contribution in [0.5, 0.6) is 0 Å². The van der Waals surface area contributed by atoms with E-state index >= 15 is 0 Å². The Morgan fingerprint density at radius 2 is 1.59 bits per heavy atom. The number of nitrogens with zero attached hydrogens (tertiary/aromatic N) is 1. The molecule has 2 amide bonds. The minimum atomic E-state index is -0.477. The maximum absolute atomic E-state index is 11.6. The topological polar surface area (TPSA) is 58.4 Å². The van der Waals surface area contributed by atoms with Gasteiger partial charge in [-0.3, -0.25) is 4.90 Å². The number of primary amides is 1. The monoisotopic (exact) mass is 391 g/mol. The van der Waals surface area contributed by atoms with Crippen molar-refractivity contribution in [1.29, 1.82) is 0 Å². The van der Waals surface area contributed by atoms with E-state index in [1.807, 2.05) is 54.6 Å². The van der Waals surface area contributed by atoms with Crippen molar-refractivity contribution in [2.75, 3.05) is 18.0 Å². The van der Waals surface area contributed by atoms with Gasteiger partial charge in [0.15, 0.2) is 0 Å². The van der Waals surface area contributed by atoms with E-state index in [4.69, 9.17) is 5.73 Å². The summed E-state index contributed by atoms with van der Waals surface area (Å²) in [6.45, 7) is 8.87. The van der Waals surface area contributed by atoms with Gasteiger partial charge in [0.05, 0.1) is 11.4 Å². The van der Waals surface area contributed by atoms with Crippen molar-refractivity contribution >= 4 is 29.8 Å². The summed E-state index contributed by atoms with van der Waals surface area (Å²) in [4.78, 5) is 13.2. The van der Waals surface area contributed by atoms with Crippen LogP contribution in [0.15, 0.2) is 54.6 Å². The highest BCUT2D eigenvalue weighted by Gasteiger charge is 2.14. The van der Waals surface area contributed by atoms with Gasteiger partial charge in [0.25, 0.3) is 0 Å². The van der Waals surface area contributed by atoms with Gasteiger partial charge in [0.1, 0.15) is 0 Å². The Bertz CT molecular complexity index is 628. The molecular formula is C22H34ClN3O. The first-order valence-electron chi connectivity index (χ1n) is 9.58. The lowest BCUT2D eigenvalue weighted by Gasteiger charge is -2.21. The summed E-state index contributed by atoms with van der Waals surface area (Å²) in [7, 11) is 0. The number of unbranched alkanes of at least 4 members (excludes halogenated alkanes) is 1. The fourth-order valence-electron chi connectivity index (χ4n) is 2.50. The maximum atomic E-state index is 11.6. The van der Waals surface area contributed by atoms with Crippen LogP contribution < -0.4 is 16.0 Å². The van der Waals surface area contributed by atoms with Crippen molar-refractivity contribution in [3.05, 3.63) is 60.2 Å². The summed E-state index contributed by atoms with van der Waals surface area (Å²) < 4.78 is 0. The zero-order valence-electron chi connectivity index (χ0n) is 16.8. The van der Waals surface area contributed by atoms with E-state index in [0.717, 1.165) is 17.8 Å². The fourth-order valence-corrected chi connectivity index (χ4v) is 2.50. The van der Waals surface area contributed by atoms with Crippen molar-refractivity contribution in [3.63, 3.8) is 0 Å². The molecule has 0 aliphatic rings. The number of nitrogens with two attached hydrogens (primary N) is 1. The molecule has 27 heavy (non-hydrogen) atoms. The average Bonchev–Trinajstić information content (AvgIpc) is 2.67. The van der Waals surface area contributed by atoms with E-state index in [2.05, 4.69) is 26.1 Å². The van der Waals surface area contributed by atoms with Crippen LogP contribution >= 0.6 is 12.4 Å². The van der Waals surface area contributed by atoms with Crippen LogP contribution in [0.1, 0.15) is 45.6 Å². The molecule has 2 aromatic rings. The molecule has 0 heterocycles. The number of urea groups is 1. The van der Waals surface area contributed by atoms with Gasteiger partial charge in [-0.1, -0.05) is 57.5 Å². The molecule has 0 spiro atoms. The Morgan fingerprint density at radius 1 is 0.926 bits per heavy atom. The van der Waals surface area contributed by atoms with Crippen molar-refractivity contribution < 1.29 is 4.79 Å². The Labute approximate surface area is 170 Å². The van der Waals surface area contributed by atoms with Gasteiger partial charge < -0.3 is 11.1 Å². The predicted octanol–water partition coefficient (Wildman–Crippen LogP) is 5.67. The summed E-state index contributed by atoms with van der Waals surface area (Å²) in [6, 6.07) is 16.8. The Kier molecular flexibility index (Phi) is 13.9. The number of amides is 2. The Balaban J connectivity index is 0.000000645. The fraction of sp³-hybridized carbons (Fsp3) is 0.409. The van der Waals surface area contributed by atoms with Crippen LogP contribution in [0.3, 0.4) is 0 Å². The van der Waals surface area contributed by atoms with Crippen molar-refractivity contribution in [2.24, 2.45) is 5.73 Å². The number of carbonyl (C=O) groups excluding carboxylic acids is 1. The molecule has 3 N–H and O–H groups in total. The maximum Gasteiger partial charge on any atom is 0.323 e. The second-order valence-corrected chi connectivity index (χ2v) is 6.14. The van der Waals surface area contributed by atoms with Crippen LogP contribution in [0, 0.1) is 0 Å². The second kappa shape index (κ2) is 15.1. The first-order chi connectivity index (χ1) is 12.6. The number of rotatable bonds is 8. The van der Waals surface area contributed by atoms with E-state index in [9.17, 15) is 4.79 Å². The van der Waals surface area contributed by atoms with Gasteiger partial charge in [0, 0.05) is 0 Å². The molecule has 150 valence electrons. The molecule has 4 nitrogen and oxygen atoms in total. The third-order valence-corrected chi connectivity index (χ3v) is 3.95. The molecule has 0 aromatic heterocycles. The van der Waals surface area contributed by atoms with Crippen LogP contribution in [0.25, 0.3) is 0 Å². The summed E-state index contributed by atoms with van der Waals surface area (Å²) in [5.41, 5.74) is 8.23. The molecule has 0 saturated carbocycles. The highest BCUT2D eigenvalue weighted by Crippen LogP contribution is 2.25. The zero-order chi connectivity index (χ0) is 19.2. The molecule has 0 unspecified atom stereocenters. The second-order valence-electron chi connectivity index (χ2n) is 6.14. The molecule has 2 aromatic carbocycles. The third kappa shape index (κ3) is 9.45. The molecule has 0 aliphatic carbocycles. The number of anilines is 2. The molecule has 0 fully saturated rings. The molecular weight excluding hydrogens is 358 g/mol. The number of carbonyl (C=O) groups is 1. The van der Waals surface area contributed by atoms with Gasteiger partial charge in [0.2, 0.25) is 0 Å². The number of aryl methyl sites for hydroxylation is 1. The summed E-state index contributed by atoms with van der Waals surface area (Å²) in [5, 5.41) is 3.34. The third-order valence-electron chi connectivity index (χ3n) is 3.95. The van der Waals surface area contributed by atoms with Gasteiger partial charge in [-0.2, -0.15) is 0 Å². The van der Waals surface area contributed by atoms with Crippen LogP contribution in [0.2, 0.25) is 0 Å². The number of nitrogens with one attached hydrogen (secondary N) is 1.